The first kappa shape index (κ1) is 6.45. The van der Waals surface area contributed by atoms with Gasteiger partial charge in [-0.05, 0) is 6.42 Å². The molecule has 2 unspecified atom stereocenters. The van der Waals surface area contributed by atoms with Crippen molar-refractivity contribution in [1.29, 1.82) is 0 Å². The Balaban J connectivity index is 2.16. The Morgan fingerprint density at radius 1 is 1.67 bits per heavy atom. The van der Waals surface area contributed by atoms with Crippen molar-refractivity contribution in [3.8, 4) is 0 Å². The lowest BCUT2D eigenvalue weighted by molar-refractivity contribution is -0.109. The lowest BCUT2D eigenvalue weighted by atomic mass is 10.4. The maximum Gasteiger partial charge on any atom is 0.243 e. The summed E-state index contributed by atoms with van der Waals surface area (Å²) in [7, 11) is 0. The van der Waals surface area contributed by atoms with Gasteiger partial charge in [0.1, 0.15) is 0 Å². The van der Waals surface area contributed by atoms with Crippen LogP contribution in [0.2, 0.25) is 0 Å². The first-order chi connectivity index (χ1) is 4.25. The van der Waals surface area contributed by atoms with Crippen molar-refractivity contribution in [2.24, 2.45) is 5.92 Å². The van der Waals surface area contributed by atoms with Crippen LogP contribution in [-0.4, -0.2) is 18.9 Å². The summed E-state index contributed by atoms with van der Waals surface area (Å²) >= 11 is 0. The van der Waals surface area contributed by atoms with Crippen molar-refractivity contribution in [2.75, 3.05) is 0 Å². The second kappa shape index (κ2) is 2.29. The highest BCUT2D eigenvalue weighted by Crippen LogP contribution is 2.35. The fourth-order valence-electron chi connectivity index (χ4n) is 0.772. The molecule has 52 valence electrons. The van der Waals surface area contributed by atoms with Crippen LogP contribution in [0.3, 0.4) is 0 Å². The third kappa shape index (κ3) is 1.37. The first-order valence-electron chi connectivity index (χ1n) is 2.73. The molecule has 0 heterocycles. The number of halogens is 2. The highest BCUT2D eigenvalue weighted by atomic mass is 19.3. The van der Waals surface area contributed by atoms with E-state index < -0.39 is 12.3 Å². The van der Waals surface area contributed by atoms with E-state index in [-0.39, 0.29) is 6.04 Å². The molecule has 1 saturated carbocycles. The van der Waals surface area contributed by atoms with Gasteiger partial charge in [-0.1, -0.05) is 0 Å². The Labute approximate surface area is 51.2 Å². The van der Waals surface area contributed by atoms with E-state index in [9.17, 15) is 13.6 Å². The number of amides is 1. The SMILES string of the molecule is O=CNC1CC1C(F)F. The van der Waals surface area contributed by atoms with Gasteiger partial charge in [0.25, 0.3) is 0 Å². The van der Waals surface area contributed by atoms with Gasteiger partial charge in [-0.3, -0.25) is 4.79 Å². The molecule has 0 aromatic carbocycles. The highest BCUT2D eigenvalue weighted by Gasteiger charge is 2.43. The molecule has 0 saturated heterocycles. The van der Waals surface area contributed by atoms with Crippen molar-refractivity contribution in [3.63, 3.8) is 0 Å². The van der Waals surface area contributed by atoms with Crippen molar-refractivity contribution in [3.05, 3.63) is 0 Å². The Kier molecular flexibility index (Phi) is 1.64. The summed E-state index contributed by atoms with van der Waals surface area (Å²) in [4.78, 5) is 9.67. The summed E-state index contributed by atoms with van der Waals surface area (Å²) in [6.45, 7) is 0. The molecule has 1 aliphatic carbocycles. The molecule has 0 aliphatic heterocycles. The lowest BCUT2D eigenvalue weighted by Gasteiger charge is -1.93. The number of nitrogens with one attached hydrogen (secondary N) is 1. The summed E-state index contributed by atoms with van der Waals surface area (Å²) in [5.74, 6) is -0.588. The van der Waals surface area contributed by atoms with Gasteiger partial charge in [0.15, 0.2) is 0 Å². The highest BCUT2D eigenvalue weighted by molar-refractivity contribution is 5.47. The third-order valence-corrected chi connectivity index (χ3v) is 1.45. The monoisotopic (exact) mass is 135 g/mol. The lowest BCUT2D eigenvalue weighted by Crippen LogP contribution is -2.17. The number of carbonyl (C=O) groups excluding carboxylic acids is 1. The molecule has 0 aromatic heterocycles. The largest absolute Gasteiger partial charge is 0.355 e. The molecule has 0 radical (unpaired) electrons. The number of rotatable bonds is 3. The third-order valence-electron chi connectivity index (χ3n) is 1.45. The van der Waals surface area contributed by atoms with E-state index in [2.05, 4.69) is 5.32 Å². The van der Waals surface area contributed by atoms with Crippen LogP contribution in [0.15, 0.2) is 0 Å². The Morgan fingerprint density at radius 3 is 2.67 bits per heavy atom. The second-order valence-corrected chi connectivity index (χ2v) is 2.13. The molecule has 0 bridgehead atoms. The molecule has 1 fully saturated rings. The minimum Gasteiger partial charge on any atom is -0.355 e. The predicted molar refractivity (Wildman–Crippen MR) is 27.1 cm³/mol. The summed E-state index contributed by atoms with van der Waals surface area (Å²) < 4.78 is 23.3. The molecule has 1 N–H and O–H groups in total. The molecular formula is C5H7F2NO. The molecule has 2 atom stereocenters. The van der Waals surface area contributed by atoms with Crippen LogP contribution in [0, 0.1) is 5.92 Å². The second-order valence-electron chi connectivity index (χ2n) is 2.13. The Morgan fingerprint density at radius 2 is 2.33 bits per heavy atom. The van der Waals surface area contributed by atoms with Crippen LogP contribution in [-0.2, 0) is 4.79 Å². The van der Waals surface area contributed by atoms with Crippen molar-refractivity contribution >= 4 is 6.41 Å². The molecule has 1 amide bonds. The molecule has 0 spiro atoms. The van der Waals surface area contributed by atoms with Crippen molar-refractivity contribution in [1.82, 2.24) is 5.32 Å². The van der Waals surface area contributed by atoms with E-state index in [1.54, 1.807) is 0 Å². The zero-order valence-corrected chi connectivity index (χ0v) is 4.68. The van der Waals surface area contributed by atoms with E-state index >= 15 is 0 Å². The summed E-state index contributed by atoms with van der Waals surface area (Å²) in [6.07, 6.45) is -1.38. The Hall–Kier alpha value is -0.670. The summed E-state index contributed by atoms with van der Waals surface area (Å²) in [5, 5.41) is 2.29. The van der Waals surface area contributed by atoms with Gasteiger partial charge >= 0.3 is 0 Å². The number of hydrogen-bond donors (Lipinski definition) is 1. The van der Waals surface area contributed by atoms with E-state index in [1.165, 1.54) is 0 Å². The van der Waals surface area contributed by atoms with Gasteiger partial charge in [0.2, 0.25) is 12.8 Å². The van der Waals surface area contributed by atoms with E-state index in [1.807, 2.05) is 0 Å². The number of alkyl halides is 2. The van der Waals surface area contributed by atoms with Crippen molar-refractivity contribution in [2.45, 2.75) is 18.9 Å². The fraction of sp³-hybridized carbons (Fsp3) is 0.800. The fourth-order valence-corrected chi connectivity index (χ4v) is 0.772. The van der Waals surface area contributed by atoms with E-state index in [0.717, 1.165) is 0 Å². The van der Waals surface area contributed by atoms with Gasteiger partial charge in [0.05, 0.1) is 0 Å². The van der Waals surface area contributed by atoms with Crippen LogP contribution in [0.4, 0.5) is 8.78 Å². The quantitative estimate of drug-likeness (QED) is 0.557. The standard InChI is InChI=1S/C5H7F2NO/c6-5(7)3-1-4(3)8-2-9/h2-5H,1H2,(H,8,9). The minimum absolute atomic E-state index is 0.262. The molecule has 4 heteroatoms. The number of carbonyl (C=O) groups is 1. The Bertz CT molecular complexity index is 118. The van der Waals surface area contributed by atoms with Gasteiger partial charge < -0.3 is 5.32 Å². The normalized spacial score (nSPS) is 32.3. The van der Waals surface area contributed by atoms with E-state index in [0.29, 0.717) is 12.8 Å². The predicted octanol–water partition coefficient (Wildman–Crippen LogP) is 0.386. The van der Waals surface area contributed by atoms with Crippen LogP contribution in [0.25, 0.3) is 0 Å². The average molecular weight is 135 g/mol. The average Bonchev–Trinajstić information content (AvgIpc) is 2.47. The topological polar surface area (TPSA) is 29.1 Å². The maximum atomic E-state index is 11.6. The minimum atomic E-state index is -2.28. The molecule has 0 aromatic rings. The van der Waals surface area contributed by atoms with Gasteiger partial charge in [-0.25, -0.2) is 8.78 Å². The van der Waals surface area contributed by atoms with Crippen LogP contribution >= 0.6 is 0 Å². The summed E-state index contributed by atoms with van der Waals surface area (Å²) in [6, 6.07) is -0.262. The van der Waals surface area contributed by atoms with E-state index in [4.69, 9.17) is 0 Å². The molecule has 2 nitrogen and oxygen atoms in total. The van der Waals surface area contributed by atoms with Gasteiger partial charge in [-0.15, -0.1) is 0 Å². The van der Waals surface area contributed by atoms with Crippen LogP contribution in [0.1, 0.15) is 6.42 Å². The molecule has 1 rings (SSSR count). The van der Waals surface area contributed by atoms with Gasteiger partial charge in [-0.2, -0.15) is 0 Å². The molecular weight excluding hydrogens is 128 g/mol. The van der Waals surface area contributed by atoms with Crippen LogP contribution in [0.5, 0.6) is 0 Å². The smallest absolute Gasteiger partial charge is 0.243 e. The van der Waals surface area contributed by atoms with Crippen molar-refractivity contribution < 1.29 is 13.6 Å². The summed E-state index contributed by atoms with van der Waals surface area (Å²) in [5.41, 5.74) is 0. The zero-order valence-electron chi connectivity index (χ0n) is 4.68. The first-order valence-corrected chi connectivity index (χ1v) is 2.73. The maximum absolute atomic E-state index is 11.6. The van der Waals surface area contributed by atoms with Crippen LogP contribution < -0.4 is 5.32 Å². The van der Waals surface area contributed by atoms with Gasteiger partial charge in [0, 0.05) is 12.0 Å². The molecule has 9 heavy (non-hydrogen) atoms. The zero-order chi connectivity index (χ0) is 6.85. The number of hydrogen-bond acceptors (Lipinski definition) is 1. The molecule has 1 aliphatic rings.